The molecule has 2 saturated heterocycles. The van der Waals surface area contributed by atoms with Crippen LogP contribution >= 0.6 is 0 Å². The van der Waals surface area contributed by atoms with Gasteiger partial charge in [0, 0.05) is 11.8 Å². The van der Waals surface area contributed by atoms with E-state index in [1.807, 2.05) is 18.2 Å². The highest BCUT2D eigenvalue weighted by molar-refractivity contribution is 5.89. The van der Waals surface area contributed by atoms with Crippen molar-refractivity contribution in [2.24, 2.45) is 11.8 Å². The normalized spacial score (nSPS) is 36.2. The Morgan fingerprint density at radius 2 is 1.72 bits per heavy atom. The van der Waals surface area contributed by atoms with Gasteiger partial charge in [-0.05, 0) is 37.0 Å². The number of nitrogens with zero attached hydrogens (tertiary/aromatic N) is 1. The van der Waals surface area contributed by atoms with Gasteiger partial charge in [-0.25, -0.2) is 9.63 Å². The first-order valence-corrected chi connectivity index (χ1v) is 11.8. The lowest BCUT2D eigenvalue weighted by Gasteiger charge is -2.42. The van der Waals surface area contributed by atoms with E-state index in [-0.39, 0.29) is 30.1 Å². The van der Waals surface area contributed by atoms with Gasteiger partial charge in [0.15, 0.2) is 6.29 Å². The first kappa shape index (κ1) is 20.4. The summed E-state index contributed by atoms with van der Waals surface area (Å²) < 4.78 is 12.7. The molecule has 4 fully saturated rings. The van der Waals surface area contributed by atoms with Crippen LogP contribution in [0, 0.1) is 11.8 Å². The number of ether oxygens (including phenoxy) is 2. The molecule has 2 aliphatic heterocycles. The second-order valence-electron chi connectivity index (χ2n) is 9.42. The van der Waals surface area contributed by atoms with Crippen molar-refractivity contribution in [1.82, 2.24) is 5.23 Å². The van der Waals surface area contributed by atoms with Crippen LogP contribution in [0.4, 0.5) is 0 Å². The van der Waals surface area contributed by atoms with Crippen LogP contribution in [-0.2, 0) is 19.1 Å². The first-order valence-electron chi connectivity index (χ1n) is 11.8. The second kappa shape index (κ2) is 8.60. The molecule has 6 rings (SSSR count). The van der Waals surface area contributed by atoms with Crippen LogP contribution in [0.3, 0.4) is 0 Å². The van der Waals surface area contributed by atoms with Gasteiger partial charge in [-0.2, -0.15) is 0 Å². The molecule has 2 heterocycles. The van der Waals surface area contributed by atoms with E-state index in [4.69, 9.17) is 19.1 Å². The molecule has 2 aromatic carbocycles. The molecule has 2 bridgehead atoms. The fourth-order valence-corrected chi connectivity index (χ4v) is 5.97. The maximum atomic E-state index is 12.8. The van der Waals surface area contributed by atoms with E-state index in [0.717, 1.165) is 25.7 Å². The highest BCUT2D eigenvalue weighted by atomic mass is 17.0. The third-order valence-corrected chi connectivity index (χ3v) is 7.52. The van der Waals surface area contributed by atoms with E-state index >= 15 is 0 Å². The van der Waals surface area contributed by atoms with Gasteiger partial charge >= 0.3 is 5.97 Å². The number of benzene rings is 2. The monoisotopic (exact) mass is 435 g/mol. The highest BCUT2D eigenvalue weighted by Crippen LogP contribution is 2.49. The smallest absolute Gasteiger partial charge is 0.338 e. The molecule has 0 aromatic heterocycles. The predicted octanol–water partition coefficient (Wildman–Crippen LogP) is 4.48. The van der Waals surface area contributed by atoms with Crippen LogP contribution in [0.5, 0.6) is 0 Å². The Morgan fingerprint density at radius 3 is 2.53 bits per heavy atom. The molecule has 4 aliphatic rings. The van der Waals surface area contributed by atoms with Crippen molar-refractivity contribution in [2.75, 3.05) is 6.61 Å². The molecule has 7 atom stereocenters. The van der Waals surface area contributed by atoms with Gasteiger partial charge in [0.05, 0.1) is 24.2 Å². The lowest BCUT2D eigenvalue weighted by atomic mass is 9.81. The number of fused-ring (bicyclic) bond motifs is 1. The zero-order chi connectivity index (χ0) is 21.5. The highest BCUT2D eigenvalue weighted by Gasteiger charge is 2.61. The Bertz CT molecular complexity index is 938. The topological polar surface area (TPSA) is 57.2 Å². The van der Waals surface area contributed by atoms with Crippen molar-refractivity contribution < 1.29 is 23.9 Å². The van der Waals surface area contributed by atoms with Gasteiger partial charge in [-0.3, -0.25) is 4.84 Å². The lowest BCUT2D eigenvalue weighted by Crippen LogP contribution is -2.54. The van der Waals surface area contributed by atoms with Gasteiger partial charge in [0.2, 0.25) is 0 Å². The van der Waals surface area contributed by atoms with E-state index in [2.05, 4.69) is 30.3 Å². The third kappa shape index (κ3) is 3.65. The number of esters is 1. The number of carbonyl (C=O) groups is 1. The van der Waals surface area contributed by atoms with Crippen molar-refractivity contribution in [2.45, 2.75) is 62.6 Å². The average molecular weight is 436 g/mol. The Kier molecular flexibility index (Phi) is 5.47. The summed E-state index contributed by atoms with van der Waals surface area (Å²) in [5, 5.41) is 1.56. The predicted molar refractivity (Wildman–Crippen MR) is 116 cm³/mol. The number of hydrogen-bond donors (Lipinski definition) is 0. The summed E-state index contributed by atoms with van der Waals surface area (Å²) in [7, 11) is 0. The molecule has 0 N–H and O–H groups in total. The number of hydroxylamine groups is 2. The van der Waals surface area contributed by atoms with E-state index in [9.17, 15) is 4.79 Å². The second-order valence-corrected chi connectivity index (χ2v) is 9.42. The molecule has 32 heavy (non-hydrogen) atoms. The molecule has 6 nitrogen and oxygen atoms in total. The summed E-state index contributed by atoms with van der Waals surface area (Å²) >= 11 is 0. The summed E-state index contributed by atoms with van der Waals surface area (Å²) in [6.45, 7) is 0.601. The standard InChI is InChI=1S/C26H29NO5/c28-25(18-11-5-2-6-12-18)31-24-21-15-19-16-29-27(23(19)24)32-26(21)30-22-14-8-7-13-20(22)17-9-3-1-4-10-17/h1-6,9-12,19-24,26H,7-8,13-16H2/t19-,20-,21+,22+,23-,24-,26-/m0/s1. The SMILES string of the molecule is O=C(O[C@H]1[C@H]2C[C@H]3CON(O[C@@H]2O[C@@H]2CCCC[C@H]2c2ccccc2)[C@@H]31)c1ccccc1. The zero-order valence-corrected chi connectivity index (χ0v) is 18.0. The summed E-state index contributed by atoms with van der Waals surface area (Å²) in [6.07, 6.45) is 4.68. The summed E-state index contributed by atoms with van der Waals surface area (Å²) in [4.78, 5) is 24.8. The molecule has 2 saturated carbocycles. The number of carbonyl (C=O) groups excluding carboxylic acids is 1. The maximum absolute atomic E-state index is 12.8. The fourth-order valence-electron chi connectivity index (χ4n) is 5.97. The minimum atomic E-state index is -0.473. The molecule has 2 aromatic rings. The molecule has 0 radical (unpaired) electrons. The zero-order valence-electron chi connectivity index (χ0n) is 18.0. The van der Waals surface area contributed by atoms with Crippen molar-refractivity contribution in [3.8, 4) is 0 Å². The van der Waals surface area contributed by atoms with Crippen molar-refractivity contribution in [3.63, 3.8) is 0 Å². The van der Waals surface area contributed by atoms with Gasteiger partial charge in [-0.15, -0.1) is 0 Å². The Hall–Kier alpha value is -2.25. The number of rotatable bonds is 5. The van der Waals surface area contributed by atoms with Gasteiger partial charge in [0.1, 0.15) is 12.1 Å². The molecule has 0 spiro atoms. The minimum Gasteiger partial charge on any atom is -0.456 e. The first-order chi connectivity index (χ1) is 15.8. The van der Waals surface area contributed by atoms with Crippen LogP contribution in [0.2, 0.25) is 0 Å². The third-order valence-electron chi connectivity index (χ3n) is 7.52. The average Bonchev–Trinajstić information content (AvgIpc) is 3.36. The molecule has 0 amide bonds. The maximum Gasteiger partial charge on any atom is 0.338 e. The van der Waals surface area contributed by atoms with Crippen LogP contribution in [0.1, 0.15) is 53.9 Å². The number of hydrogen-bond acceptors (Lipinski definition) is 6. The molecule has 168 valence electrons. The van der Waals surface area contributed by atoms with Crippen molar-refractivity contribution >= 4 is 5.97 Å². The van der Waals surface area contributed by atoms with Crippen LogP contribution in [0.15, 0.2) is 60.7 Å². The molecular formula is C26H29NO5. The lowest BCUT2D eigenvalue weighted by molar-refractivity contribution is -0.451. The summed E-state index contributed by atoms with van der Waals surface area (Å²) in [5.41, 5.74) is 1.89. The Balaban J connectivity index is 1.22. The van der Waals surface area contributed by atoms with E-state index in [1.54, 1.807) is 17.4 Å². The molecular weight excluding hydrogens is 406 g/mol. The largest absolute Gasteiger partial charge is 0.456 e. The van der Waals surface area contributed by atoms with Crippen LogP contribution < -0.4 is 0 Å². The molecule has 6 heteroatoms. The van der Waals surface area contributed by atoms with E-state index < -0.39 is 6.29 Å². The summed E-state index contributed by atoms with van der Waals surface area (Å²) in [6, 6.07) is 19.7. The van der Waals surface area contributed by atoms with Gasteiger partial charge < -0.3 is 9.47 Å². The summed E-state index contributed by atoms with van der Waals surface area (Å²) in [5.74, 6) is 0.356. The Morgan fingerprint density at radius 1 is 0.969 bits per heavy atom. The van der Waals surface area contributed by atoms with E-state index in [0.29, 0.717) is 24.0 Å². The van der Waals surface area contributed by atoms with Crippen LogP contribution in [-0.4, -0.2) is 42.3 Å². The van der Waals surface area contributed by atoms with Crippen molar-refractivity contribution in [3.05, 3.63) is 71.8 Å². The van der Waals surface area contributed by atoms with Gasteiger partial charge in [-0.1, -0.05) is 66.6 Å². The Labute approximate surface area is 188 Å². The quantitative estimate of drug-likeness (QED) is 0.646. The fraction of sp³-hybridized carbons (Fsp3) is 0.500. The van der Waals surface area contributed by atoms with E-state index in [1.165, 1.54) is 12.0 Å². The van der Waals surface area contributed by atoms with Crippen LogP contribution in [0.25, 0.3) is 0 Å². The van der Waals surface area contributed by atoms with Gasteiger partial charge in [0.25, 0.3) is 0 Å². The molecule has 2 aliphatic carbocycles. The van der Waals surface area contributed by atoms with Crippen molar-refractivity contribution in [1.29, 1.82) is 0 Å². The molecule has 0 unspecified atom stereocenters. The minimum absolute atomic E-state index is 0.0103.